The number of nitrogens with one attached hydrogen (secondary N) is 2. The van der Waals surface area contributed by atoms with Gasteiger partial charge in [0.05, 0.1) is 23.1 Å². The van der Waals surface area contributed by atoms with Crippen LogP contribution in [0.15, 0.2) is 36.5 Å². The van der Waals surface area contributed by atoms with Crippen molar-refractivity contribution >= 4 is 17.5 Å². The summed E-state index contributed by atoms with van der Waals surface area (Å²) in [6.45, 7) is 6.34. The number of nitrogens with zero attached hydrogens (tertiary/aromatic N) is 4. The van der Waals surface area contributed by atoms with Crippen molar-refractivity contribution < 1.29 is 9.59 Å². The molecule has 0 saturated carbocycles. The zero-order chi connectivity index (χ0) is 21.3. The number of hydrogen-bond donors (Lipinski definition) is 2. The summed E-state index contributed by atoms with van der Waals surface area (Å²) in [5, 5.41) is 14.2. The smallest absolute Gasteiger partial charge is 0.257 e. The number of carbonyl (C=O) groups is 2. The van der Waals surface area contributed by atoms with Gasteiger partial charge in [0.25, 0.3) is 5.91 Å². The molecular formula is C22H26N6O2. The Labute approximate surface area is 175 Å². The first kappa shape index (κ1) is 19.9. The maximum absolute atomic E-state index is 13.0. The lowest BCUT2D eigenvalue weighted by Gasteiger charge is -2.34. The van der Waals surface area contributed by atoms with Gasteiger partial charge in [-0.25, -0.2) is 4.68 Å². The van der Waals surface area contributed by atoms with E-state index in [0.717, 1.165) is 29.9 Å². The van der Waals surface area contributed by atoms with Crippen LogP contribution in [-0.4, -0.2) is 49.3 Å². The highest BCUT2D eigenvalue weighted by Gasteiger charge is 2.33. The van der Waals surface area contributed by atoms with Crippen molar-refractivity contribution in [3.63, 3.8) is 0 Å². The highest BCUT2D eigenvalue weighted by molar-refractivity contribution is 6.01. The van der Waals surface area contributed by atoms with E-state index in [1.54, 1.807) is 4.90 Å². The summed E-state index contributed by atoms with van der Waals surface area (Å²) in [6, 6.07) is 9.10. The molecule has 2 amide bonds. The van der Waals surface area contributed by atoms with Gasteiger partial charge in [-0.2, -0.15) is 10.2 Å². The fourth-order valence-electron chi connectivity index (χ4n) is 3.97. The van der Waals surface area contributed by atoms with Gasteiger partial charge in [0.15, 0.2) is 0 Å². The Morgan fingerprint density at radius 2 is 1.90 bits per heavy atom. The lowest BCUT2D eigenvalue weighted by molar-refractivity contribution is -0.121. The molecule has 1 fully saturated rings. The van der Waals surface area contributed by atoms with E-state index >= 15 is 0 Å². The first-order chi connectivity index (χ1) is 14.4. The van der Waals surface area contributed by atoms with Crippen LogP contribution in [0.4, 0.5) is 5.69 Å². The fourth-order valence-corrected chi connectivity index (χ4v) is 3.97. The van der Waals surface area contributed by atoms with Crippen molar-refractivity contribution in [1.29, 1.82) is 0 Å². The maximum atomic E-state index is 13.0. The Hall–Kier alpha value is -3.42. The largest absolute Gasteiger partial charge is 0.327 e. The van der Waals surface area contributed by atoms with E-state index in [1.165, 1.54) is 6.20 Å². The maximum Gasteiger partial charge on any atom is 0.257 e. The highest BCUT2D eigenvalue weighted by Crippen LogP contribution is 2.23. The molecule has 1 atom stereocenters. The van der Waals surface area contributed by atoms with E-state index in [0.29, 0.717) is 29.9 Å². The van der Waals surface area contributed by atoms with Gasteiger partial charge >= 0.3 is 0 Å². The topological polar surface area (TPSA) is 95.9 Å². The molecular weight excluding hydrogens is 380 g/mol. The van der Waals surface area contributed by atoms with Gasteiger partial charge in [-0.3, -0.25) is 14.7 Å². The molecule has 1 aliphatic heterocycles. The molecule has 2 aromatic heterocycles. The lowest BCUT2D eigenvalue weighted by atomic mass is 10.00. The number of aromatic amines is 1. The Bertz CT molecular complexity index is 1070. The first-order valence-electron chi connectivity index (χ1n) is 10.2. The van der Waals surface area contributed by atoms with Gasteiger partial charge in [0.2, 0.25) is 5.91 Å². The highest BCUT2D eigenvalue weighted by atomic mass is 16.2. The molecule has 1 unspecified atom stereocenters. The van der Waals surface area contributed by atoms with Crippen LogP contribution in [0, 0.1) is 20.8 Å². The molecule has 30 heavy (non-hydrogen) atoms. The quantitative estimate of drug-likeness (QED) is 0.696. The first-order valence-corrected chi connectivity index (χ1v) is 10.2. The fraction of sp³-hybridized carbons (Fsp3) is 0.364. The zero-order valence-electron chi connectivity index (χ0n) is 17.5. The average Bonchev–Trinajstić information content (AvgIpc) is 3.32. The second-order valence-corrected chi connectivity index (χ2v) is 7.79. The molecule has 0 spiro atoms. The summed E-state index contributed by atoms with van der Waals surface area (Å²) in [7, 11) is 0. The molecule has 3 heterocycles. The van der Waals surface area contributed by atoms with Crippen molar-refractivity contribution in [1.82, 2.24) is 24.9 Å². The third-order valence-electron chi connectivity index (χ3n) is 5.52. The molecule has 0 bridgehead atoms. The number of benzene rings is 1. The third-order valence-corrected chi connectivity index (χ3v) is 5.52. The minimum atomic E-state index is -0.490. The molecule has 1 aliphatic rings. The minimum absolute atomic E-state index is 0.152. The second kappa shape index (κ2) is 8.14. The minimum Gasteiger partial charge on any atom is -0.327 e. The van der Waals surface area contributed by atoms with Crippen LogP contribution in [0.25, 0.3) is 5.69 Å². The summed E-state index contributed by atoms with van der Waals surface area (Å²) in [5.74, 6) is -0.316. The van der Waals surface area contributed by atoms with Crippen LogP contribution in [0.2, 0.25) is 0 Å². The Morgan fingerprint density at radius 3 is 2.53 bits per heavy atom. The van der Waals surface area contributed by atoms with E-state index < -0.39 is 6.04 Å². The lowest BCUT2D eigenvalue weighted by Crippen LogP contribution is -2.50. The van der Waals surface area contributed by atoms with Gasteiger partial charge < -0.3 is 10.2 Å². The molecule has 8 nitrogen and oxygen atoms in total. The summed E-state index contributed by atoms with van der Waals surface area (Å²) in [4.78, 5) is 27.6. The third kappa shape index (κ3) is 3.85. The van der Waals surface area contributed by atoms with Crippen LogP contribution in [0.3, 0.4) is 0 Å². The molecule has 156 valence electrons. The van der Waals surface area contributed by atoms with Gasteiger partial charge in [-0.15, -0.1) is 0 Å². The van der Waals surface area contributed by atoms with E-state index in [1.807, 2.05) is 55.8 Å². The van der Waals surface area contributed by atoms with E-state index in [4.69, 9.17) is 0 Å². The van der Waals surface area contributed by atoms with Crippen LogP contribution < -0.4 is 5.32 Å². The molecule has 0 aliphatic carbocycles. The second-order valence-electron chi connectivity index (χ2n) is 7.79. The molecule has 0 radical (unpaired) electrons. The van der Waals surface area contributed by atoms with Crippen molar-refractivity contribution in [2.45, 2.75) is 46.1 Å². The molecule has 4 rings (SSSR count). The number of carbonyl (C=O) groups excluding carboxylic acids is 2. The standard InChI is InChI=1S/C22H26N6O2/c1-14-12-15(2)28(26-14)18-9-7-17(8-10-18)24-21(29)20-6-4-5-11-27(20)22(30)19-13-23-25-16(19)3/h7-10,12-13,20H,4-6,11H2,1-3H3,(H,23,25)(H,24,29). The van der Waals surface area contributed by atoms with Crippen LogP contribution >= 0.6 is 0 Å². The van der Waals surface area contributed by atoms with Crippen molar-refractivity contribution in [3.8, 4) is 5.69 Å². The van der Waals surface area contributed by atoms with Crippen LogP contribution in [-0.2, 0) is 4.79 Å². The van der Waals surface area contributed by atoms with Crippen molar-refractivity contribution in [2.24, 2.45) is 0 Å². The summed E-state index contributed by atoms with van der Waals surface area (Å²) in [5.41, 5.74) is 4.87. The number of piperidine rings is 1. The number of aryl methyl sites for hydroxylation is 3. The van der Waals surface area contributed by atoms with Crippen LogP contribution in [0.5, 0.6) is 0 Å². The number of likely N-dealkylation sites (tertiary alicyclic amines) is 1. The number of anilines is 1. The SMILES string of the molecule is Cc1cc(C)n(-c2ccc(NC(=O)C3CCCCN3C(=O)c3cn[nH]c3C)cc2)n1. The van der Waals surface area contributed by atoms with Gasteiger partial charge in [0, 0.05) is 23.6 Å². The Kier molecular flexibility index (Phi) is 5.39. The summed E-state index contributed by atoms with van der Waals surface area (Å²) >= 11 is 0. The monoisotopic (exact) mass is 406 g/mol. The number of H-pyrrole nitrogens is 1. The molecule has 8 heteroatoms. The number of aromatic nitrogens is 4. The number of rotatable bonds is 4. The Morgan fingerprint density at radius 1 is 1.13 bits per heavy atom. The van der Waals surface area contributed by atoms with Gasteiger partial charge in [-0.1, -0.05) is 0 Å². The molecule has 1 saturated heterocycles. The average molecular weight is 406 g/mol. The predicted octanol–water partition coefficient (Wildman–Crippen LogP) is 3.15. The van der Waals surface area contributed by atoms with Crippen LogP contribution in [0.1, 0.15) is 46.7 Å². The number of hydrogen-bond acceptors (Lipinski definition) is 4. The molecule has 1 aromatic carbocycles. The van der Waals surface area contributed by atoms with E-state index in [2.05, 4.69) is 20.6 Å². The molecule has 3 aromatic rings. The zero-order valence-corrected chi connectivity index (χ0v) is 17.5. The van der Waals surface area contributed by atoms with Crippen molar-refractivity contribution in [3.05, 3.63) is 59.2 Å². The van der Waals surface area contributed by atoms with E-state index in [9.17, 15) is 9.59 Å². The normalized spacial score (nSPS) is 16.5. The van der Waals surface area contributed by atoms with Gasteiger partial charge in [-0.05, 0) is 70.4 Å². The molecule has 2 N–H and O–H groups in total. The Balaban J connectivity index is 1.48. The van der Waals surface area contributed by atoms with Gasteiger partial charge in [0.1, 0.15) is 6.04 Å². The summed E-state index contributed by atoms with van der Waals surface area (Å²) in [6.07, 6.45) is 3.99. The van der Waals surface area contributed by atoms with Crippen molar-refractivity contribution in [2.75, 3.05) is 11.9 Å². The van der Waals surface area contributed by atoms with E-state index in [-0.39, 0.29) is 11.8 Å². The predicted molar refractivity (Wildman–Crippen MR) is 114 cm³/mol. The summed E-state index contributed by atoms with van der Waals surface area (Å²) < 4.78 is 1.87. The number of amides is 2.